The number of aliphatic hydroxyl groups is 2. The van der Waals surface area contributed by atoms with Gasteiger partial charge in [-0.05, 0) is 38.3 Å². The number of morpholine rings is 2. The van der Waals surface area contributed by atoms with Crippen LogP contribution in [-0.4, -0.2) is 107 Å². The van der Waals surface area contributed by atoms with E-state index in [1.54, 1.807) is 0 Å². The van der Waals surface area contributed by atoms with Crippen LogP contribution in [0.3, 0.4) is 0 Å². The number of benzene rings is 1. The van der Waals surface area contributed by atoms with Gasteiger partial charge >= 0.3 is 0 Å². The summed E-state index contributed by atoms with van der Waals surface area (Å²) in [7, 11) is 0. The molecule has 6 rings (SSSR count). The molecule has 0 amide bonds. The third kappa shape index (κ3) is 8.09. The maximum absolute atomic E-state index is 9.88. The highest BCUT2D eigenvalue weighted by Crippen LogP contribution is 2.24. The van der Waals surface area contributed by atoms with E-state index in [0.29, 0.717) is 26.4 Å². The Bertz CT molecular complexity index is 1230. The molecule has 1 aromatic carbocycles. The highest BCUT2D eigenvalue weighted by Gasteiger charge is 2.25. The maximum Gasteiger partial charge on any atom is 0.159 e. The van der Waals surface area contributed by atoms with E-state index in [1.165, 1.54) is 5.56 Å². The van der Waals surface area contributed by atoms with Crippen LogP contribution in [0.15, 0.2) is 42.6 Å². The van der Waals surface area contributed by atoms with E-state index in [2.05, 4.69) is 35.3 Å². The molecule has 3 saturated heterocycles. The van der Waals surface area contributed by atoms with Gasteiger partial charge in [-0.25, -0.2) is 14.6 Å². The van der Waals surface area contributed by atoms with Gasteiger partial charge in [-0.2, -0.15) is 5.10 Å². The molecule has 0 aliphatic carbocycles. The predicted octanol–water partition coefficient (Wildman–Crippen LogP) is 1.91. The zero-order valence-electron chi connectivity index (χ0n) is 23.8. The van der Waals surface area contributed by atoms with Crippen molar-refractivity contribution in [2.24, 2.45) is 0 Å². The van der Waals surface area contributed by atoms with Crippen LogP contribution in [0.5, 0.6) is 0 Å². The molecule has 3 aliphatic rings. The van der Waals surface area contributed by atoms with Gasteiger partial charge in [0.05, 0.1) is 63.5 Å². The third-order valence-corrected chi connectivity index (χ3v) is 7.55. The minimum atomic E-state index is -0.118. The Morgan fingerprint density at radius 2 is 1.88 bits per heavy atom. The highest BCUT2D eigenvalue weighted by molar-refractivity contribution is 5.60. The number of aryl methyl sites for hydroxylation is 2. The lowest BCUT2D eigenvalue weighted by molar-refractivity contribution is 0.0550. The second kappa shape index (κ2) is 14.8. The first-order valence-corrected chi connectivity index (χ1v) is 14.6. The van der Waals surface area contributed by atoms with Crippen LogP contribution in [-0.2, 0) is 20.6 Å². The molecule has 0 saturated carbocycles. The van der Waals surface area contributed by atoms with E-state index in [-0.39, 0.29) is 31.4 Å². The Balaban J connectivity index is 0.000000365. The number of aromatic nitrogens is 4. The zero-order chi connectivity index (χ0) is 28.4. The number of nitrogens with one attached hydrogen (secondary N) is 1. The van der Waals surface area contributed by atoms with Gasteiger partial charge in [0.15, 0.2) is 5.82 Å². The standard InChI is InChI=1S/C25H31N5O3.C5H11NO2/c1-18-4-2-5-19(14-18)22-9-10-30(28-22)25-15-24(29-11-13-32-17-20(29)16-31)26-23(27-25)8-7-21-6-3-12-33-21;7-3-5-4-8-2-1-6-5/h2,4-5,9-10,14-15,20-21,31H,3,6-8,11-13,16-17H2,1H3;5-7H,1-4H2. The fourth-order valence-corrected chi connectivity index (χ4v) is 5.26. The van der Waals surface area contributed by atoms with Crippen LogP contribution in [0.2, 0.25) is 0 Å². The molecule has 3 atom stereocenters. The van der Waals surface area contributed by atoms with E-state index >= 15 is 0 Å². The van der Waals surface area contributed by atoms with E-state index in [9.17, 15) is 5.11 Å². The first kappa shape index (κ1) is 29.6. The molecule has 11 heteroatoms. The van der Waals surface area contributed by atoms with E-state index in [1.807, 2.05) is 29.1 Å². The molecule has 3 aliphatic heterocycles. The van der Waals surface area contributed by atoms with Gasteiger partial charge in [-0.1, -0.05) is 23.8 Å². The van der Waals surface area contributed by atoms with Crippen molar-refractivity contribution in [3.8, 4) is 17.1 Å². The van der Waals surface area contributed by atoms with Crippen molar-refractivity contribution in [3.05, 3.63) is 54.0 Å². The smallest absolute Gasteiger partial charge is 0.159 e. The summed E-state index contributed by atoms with van der Waals surface area (Å²) in [6.45, 7) is 7.19. The molecule has 3 fully saturated rings. The molecular weight excluding hydrogens is 524 g/mol. The average molecular weight is 567 g/mol. The van der Waals surface area contributed by atoms with Crippen molar-refractivity contribution in [3.63, 3.8) is 0 Å². The van der Waals surface area contributed by atoms with E-state index < -0.39 is 0 Å². The van der Waals surface area contributed by atoms with Crippen molar-refractivity contribution >= 4 is 5.82 Å². The van der Waals surface area contributed by atoms with Crippen LogP contribution in [0, 0.1) is 6.92 Å². The molecule has 222 valence electrons. The van der Waals surface area contributed by atoms with Gasteiger partial charge in [0.25, 0.3) is 0 Å². The number of ether oxygens (including phenoxy) is 3. The van der Waals surface area contributed by atoms with E-state index in [0.717, 1.165) is 74.2 Å². The molecule has 3 N–H and O–H groups in total. The maximum atomic E-state index is 9.88. The van der Waals surface area contributed by atoms with Crippen LogP contribution < -0.4 is 10.2 Å². The van der Waals surface area contributed by atoms with Crippen LogP contribution >= 0.6 is 0 Å². The minimum Gasteiger partial charge on any atom is -0.395 e. The third-order valence-electron chi connectivity index (χ3n) is 7.55. The fraction of sp³-hybridized carbons (Fsp3) is 0.567. The summed E-state index contributed by atoms with van der Waals surface area (Å²) < 4.78 is 18.2. The average Bonchev–Trinajstić information content (AvgIpc) is 3.74. The number of anilines is 1. The molecule has 0 spiro atoms. The molecule has 0 radical (unpaired) electrons. The summed E-state index contributed by atoms with van der Waals surface area (Å²) >= 11 is 0. The van der Waals surface area contributed by atoms with Crippen molar-refractivity contribution in [1.29, 1.82) is 0 Å². The quantitative estimate of drug-likeness (QED) is 0.372. The number of aliphatic hydroxyl groups excluding tert-OH is 2. The lowest BCUT2D eigenvalue weighted by Gasteiger charge is -2.35. The van der Waals surface area contributed by atoms with Crippen LogP contribution in [0.1, 0.15) is 30.7 Å². The SMILES string of the molecule is Cc1cccc(-c2ccn(-c3cc(N4CCOCC4CO)nc(CCC4CCCO4)n3)n2)c1.OCC1COCCN1. The van der Waals surface area contributed by atoms with Crippen molar-refractivity contribution < 1.29 is 24.4 Å². The van der Waals surface area contributed by atoms with Gasteiger partial charge in [0.2, 0.25) is 0 Å². The fourth-order valence-electron chi connectivity index (χ4n) is 5.26. The largest absolute Gasteiger partial charge is 0.395 e. The number of hydrogen-bond donors (Lipinski definition) is 3. The topological polar surface area (TPSA) is 127 Å². The van der Waals surface area contributed by atoms with Crippen molar-refractivity contribution in [1.82, 2.24) is 25.1 Å². The summed E-state index contributed by atoms with van der Waals surface area (Å²) in [5.74, 6) is 2.30. The molecule has 11 nitrogen and oxygen atoms in total. The first-order valence-electron chi connectivity index (χ1n) is 14.6. The Hall–Kier alpha value is -2.93. The summed E-state index contributed by atoms with van der Waals surface area (Å²) in [6, 6.07) is 12.3. The number of rotatable bonds is 8. The second-order valence-corrected chi connectivity index (χ2v) is 10.7. The van der Waals surface area contributed by atoms with Crippen LogP contribution in [0.25, 0.3) is 17.1 Å². The Morgan fingerprint density at radius 3 is 2.61 bits per heavy atom. The lowest BCUT2D eigenvalue weighted by Crippen LogP contribution is -2.48. The summed E-state index contributed by atoms with van der Waals surface area (Å²) in [4.78, 5) is 11.8. The first-order chi connectivity index (χ1) is 20.1. The Labute approximate surface area is 241 Å². The van der Waals surface area contributed by atoms with Gasteiger partial charge in [0.1, 0.15) is 11.6 Å². The molecule has 0 bridgehead atoms. The number of nitrogens with zero attached hydrogens (tertiary/aromatic N) is 5. The summed E-state index contributed by atoms with van der Waals surface area (Å²) in [6.07, 6.45) is 6.09. The lowest BCUT2D eigenvalue weighted by atomic mass is 10.1. The molecular formula is C30H42N6O5. The second-order valence-electron chi connectivity index (χ2n) is 10.7. The summed E-state index contributed by atoms with van der Waals surface area (Å²) in [5, 5.41) is 26.3. The predicted molar refractivity (Wildman–Crippen MR) is 155 cm³/mol. The normalized spacial score (nSPS) is 22.8. The molecule has 2 aromatic heterocycles. The van der Waals surface area contributed by atoms with Gasteiger partial charge in [0, 0.05) is 43.9 Å². The van der Waals surface area contributed by atoms with Crippen molar-refractivity contribution in [2.45, 2.75) is 50.8 Å². The summed E-state index contributed by atoms with van der Waals surface area (Å²) in [5.41, 5.74) is 3.18. The van der Waals surface area contributed by atoms with E-state index in [4.69, 9.17) is 34.4 Å². The van der Waals surface area contributed by atoms with Gasteiger partial charge in [-0.3, -0.25) is 0 Å². The van der Waals surface area contributed by atoms with Crippen LogP contribution in [0.4, 0.5) is 5.82 Å². The monoisotopic (exact) mass is 566 g/mol. The number of hydrogen-bond acceptors (Lipinski definition) is 10. The van der Waals surface area contributed by atoms with Gasteiger partial charge < -0.3 is 34.6 Å². The minimum absolute atomic E-state index is 0.0177. The molecule has 41 heavy (non-hydrogen) atoms. The molecule has 5 heterocycles. The Kier molecular flexibility index (Phi) is 10.7. The highest BCUT2D eigenvalue weighted by atomic mass is 16.5. The molecule has 3 aromatic rings. The Morgan fingerprint density at radius 1 is 1.00 bits per heavy atom. The van der Waals surface area contributed by atoms with Gasteiger partial charge in [-0.15, -0.1) is 0 Å². The zero-order valence-corrected chi connectivity index (χ0v) is 23.8. The van der Waals surface area contributed by atoms with Crippen molar-refractivity contribution in [2.75, 3.05) is 64.2 Å². The molecule has 3 unspecified atom stereocenters.